The lowest BCUT2D eigenvalue weighted by atomic mass is 10.3. The van der Waals surface area contributed by atoms with Crippen LogP contribution < -0.4 is 11.1 Å². The average Bonchev–Trinajstić information content (AvgIpc) is 2.96. The Hall–Kier alpha value is -2.24. The summed E-state index contributed by atoms with van der Waals surface area (Å²) in [5.41, 5.74) is 7.10. The van der Waals surface area contributed by atoms with Gasteiger partial charge < -0.3 is 15.6 Å². The molecule has 4 N–H and O–H groups in total. The van der Waals surface area contributed by atoms with Gasteiger partial charge in [0.05, 0.1) is 6.20 Å². The summed E-state index contributed by atoms with van der Waals surface area (Å²) in [5, 5.41) is 9.26. The number of anilines is 1. The summed E-state index contributed by atoms with van der Waals surface area (Å²) in [6.07, 6.45) is 4.51. The first-order valence-corrected chi connectivity index (χ1v) is 5.93. The van der Waals surface area contributed by atoms with Crippen molar-refractivity contribution >= 4 is 11.7 Å². The van der Waals surface area contributed by atoms with Crippen LogP contribution in [0.25, 0.3) is 0 Å². The van der Waals surface area contributed by atoms with Crippen LogP contribution in [0, 0.1) is 0 Å². The molecule has 0 unspecified atom stereocenters. The number of nitrogens with two attached hydrogens (primary N) is 1. The Kier molecular flexibility index (Phi) is 3.66. The quantitative estimate of drug-likeness (QED) is 0.740. The molecule has 2 aromatic rings. The predicted molar refractivity (Wildman–Crippen MR) is 68.9 cm³/mol. The highest BCUT2D eigenvalue weighted by Crippen LogP contribution is 2.07. The van der Waals surface area contributed by atoms with Crippen LogP contribution in [-0.2, 0) is 13.1 Å². The molecule has 0 radical (unpaired) electrons. The van der Waals surface area contributed by atoms with Gasteiger partial charge in [-0.3, -0.25) is 9.89 Å². The minimum atomic E-state index is -0.103. The first-order valence-electron chi connectivity index (χ1n) is 5.93. The van der Waals surface area contributed by atoms with Gasteiger partial charge in [-0.05, 0) is 18.6 Å². The molecule has 96 valence electrons. The highest BCUT2D eigenvalue weighted by atomic mass is 16.1. The third-order valence-electron chi connectivity index (χ3n) is 2.72. The third-order valence-corrected chi connectivity index (χ3v) is 2.72. The summed E-state index contributed by atoms with van der Waals surface area (Å²) < 4.78 is 1.94. The highest BCUT2D eigenvalue weighted by molar-refractivity contribution is 5.92. The second-order valence-corrected chi connectivity index (χ2v) is 4.08. The Balaban J connectivity index is 1.99. The molecule has 2 aromatic heterocycles. The van der Waals surface area contributed by atoms with E-state index in [1.807, 2.05) is 22.9 Å². The van der Waals surface area contributed by atoms with Crippen molar-refractivity contribution in [1.82, 2.24) is 20.1 Å². The van der Waals surface area contributed by atoms with Crippen LogP contribution in [0.3, 0.4) is 0 Å². The number of aryl methyl sites for hydroxylation is 1. The van der Waals surface area contributed by atoms with Gasteiger partial charge in [-0.15, -0.1) is 0 Å². The van der Waals surface area contributed by atoms with E-state index in [0.717, 1.165) is 18.5 Å². The molecule has 0 aliphatic rings. The number of H-pyrrole nitrogens is 1. The maximum absolute atomic E-state index is 12.0. The van der Waals surface area contributed by atoms with Crippen molar-refractivity contribution in [3.63, 3.8) is 0 Å². The number of hydrogen-bond acceptors (Lipinski definition) is 3. The Bertz CT molecular complexity index is 528. The number of aromatic amines is 1. The molecule has 1 amide bonds. The zero-order chi connectivity index (χ0) is 13.0. The van der Waals surface area contributed by atoms with E-state index in [1.54, 1.807) is 6.20 Å². The van der Waals surface area contributed by atoms with E-state index in [0.29, 0.717) is 18.1 Å². The van der Waals surface area contributed by atoms with Crippen molar-refractivity contribution in [2.75, 3.05) is 5.73 Å². The molecule has 0 spiro atoms. The molecular weight excluding hydrogens is 230 g/mol. The summed E-state index contributed by atoms with van der Waals surface area (Å²) in [6.45, 7) is 3.29. The topological polar surface area (TPSA) is 88.7 Å². The predicted octanol–water partition coefficient (Wildman–Crippen LogP) is 1.13. The van der Waals surface area contributed by atoms with E-state index in [9.17, 15) is 4.79 Å². The van der Waals surface area contributed by atoms with Gasteiger partial charge in [-0.1, -0.05) is 6.92 Å². The molecule has 0 saturated heterocycles. The molecule has 0 saturated carbocycles. The number of carbonyl (C=O) groups is 1. The van der Waals surface area contributed by atoms with Crippen molar-refractivity contribution in [3.05, 3.63) is 35.8 Å². The lowest BCUT2D eigenvalue weighted by Gasteiger charge is -2.08. The molecule has 0 aliphatic heterocycles. The number of rotatable bonds is 5. The number of nitrogens with one attached hydrogen (secondary N) is 2. The van der Waals surface area contributed by atoms with Crippen LogP contribution >= 0.6 is 0 Å². The summed E-state index contributed by atoms with van der Waals surface area (Å²) in [7, 11) is 0. The van der Waals surface area contributed by atoms with Gasteiger partial charge in [-0.25, -0.2) is 0 Å². The summed E-state index contributed by atoms with van der Waals surface area (Å²) in [6, 6.07) is 3.68. The molecule has 6 heteroatoms. The smallest absolute Gasteiger partial charge is 0.268 e. The van der Waals surface area contributed by atoms with Crippen molar-refractivity contribution < 1.29 is 4.79 Å². The second-order valence-electron chi connectivity index (χ2n) is 4.08. The van der Waals surface area contributed by atoms with Crippen LogP contribution in [0.5, 0.6) is 0 Å². The van der Waals surface area contributed by atoms with Crippen molar-refractivity contribution in [2.24, 2.45) is 0 Å². The summed E-state index contributed by atoms with van der Waals surface area (Å²) in [5.74, 6) is 0.383. The van der Waals surface area contributed by atoms with Gasteiger partial charge >= 0.3 is 0 Å². The standard InChI is InChI=1S/C12H17N5O/c1-2-5-17-6-3-4-10(17)12(18)14-7-9-8-15-16-11(9)13/h3-4,6,8H,2,5,7H2,1H3,(H,14,18)(H3,13,15,16). The van der Waals surface area contributed by atoms with E-state index in [1.165, 1.54) is 0 Å². The van der Waals surface area contributed by atoms with Gasteiger partial charge in [-0.2, -0.15) is 5.10 Å². The highest BCUT2D eigenvalue weighted by Gasteiger charge is 2.10. The molecule has 0 atom stereocenters. The maximum atomic E-state index is 12.0. The van der Waals surface area contributed by atoms with Crippen LogP contribution in [0.1, 0.15) is 29.4 Å². The molecule has 0 aliphatic carbocycles. The van der Waals surface area contributed by atoms with Crippen LogP contribution in [-0.4, -0.2) is 20.7 Å². The minimum absolute atomic E-state index is 0.103. The van der Waals surface area contributed by atoms with Gasteiger partial charge in [0, 0.05) is 24.8 Å². The first-order chi connectivity index (χ1) is 8.72. The second kappa shape index (κ2) is 5.39. The van der Waals surface area contributed by atoms with E-state index < -0.39 is 0 Å². The largest absolute Gasteiger partial charge is 0.384 e. The summed E-state index contributed by atoms with van der Waals surface area (Å²) >= 11 is 0. The number of amides is 1. The van der Waals surface area contributed by atoms with Gasteiger partial charge in [0.2, 0.25) is 0 Å². The first kappa shape index (κ1) is 12.2. The van der Waals surface area contributed by atoms with Crippen molar-refractivity contribution in [3.8, 4) is 0 Å². The number of hydrogen-bond donors (Lipinski definition) is 3. The fourth-order valence-electron chi connectivity index (χ4n) is 1.78. The van der Waals surface area contributed by atoms with Crippen molar-refractivity contribution in [2.45, 2.75) is 26.4 Å². The van der Waals surface area contributed by atoms with E-state index in [-0.39, 0.29) is 5.91 Å². The van der Waals surface area contributed by atoms with Crippen molar-refractivity contribution in [1.29, 1.82) is 0 Å². The van der Waals surface area contributed by atoms with Crippen LogP contribution in [0.4, 0.5) is 5.82 Å². The third kappa shape index (κ3) is 2.53. The van der Waals surface area contributed by atoms with Crippen LogP contribution in [0.15, 0.2) is 24.5 Å². The SMILES string of the molecule is CCCn1cccc1C(=O)NCc1cn[nH]c1N. The lowest BCUT2D eigenvalue weighted by Crippen LogP contribution is -2.25. The normalized spacial score (nSPS) is 10.5. The number of nitrogens with zero attached hydrogens (tertiary/aromatic N) is 2. The molecule has 2 rings (SSSR count). The van der Waals surface area contributed by atoms with E-state index >= 15 is 0 Å². The maximum Gasteiger partial charge on any atom is 0.268 e. The molecule has 0 bridgehead atoms. The molecule has 18 heavy (non-hydrogen) atoms. The monoisotopic (exact) mass is 247 g/mol. The van der Waals surface area contributed by atoms with Crippen LogP contribution in [0.2, 0.25) is 0 Å². The zero-order valence-electron chi connectivity index (χ0n) is 10.3. The molecule has 6 nitrogen and oxygen atoms in total. The fourth-order valence-corrected chi connectivity index (χ4v) is 1.78. The number of aromatic nitrogens is 3. The summed E-state index contributed by atoms with van der Waals surface area (Å²) in [4.78, 5) is 12.0. The Morgan fingerprint density at radius 1 is 1.61 bits per heavy atom. The Morgan fingerprint density at radius 2 is 2.44 bits per heavy atom. The minimum Gasteiger partial charge on any atom is -0.384 e. The molecule has 0 aromatic carbocycles. The number of nitrogen functional groups attached to an aromatic ring is 1. The van der Waals surface area contributed by atoms with E-state index in [4.69, 9.17) is 5.73 Å². The van der Waals surface area contributed by atoms with Gasteiger partial charge in [0.25, 0.3) is 5.91 Å². The fraction of sp³-hybridized carbons (Fsp3) is 0.333. The molecule has 0 fully saturated rings. The zero-order valence-corrected chi connectivity index (χ0v) is 10.3. The average molecular weight is 247 g/mol. The lowest BCUT2D eigenvalue weighted by molar-refractivity contribution is 0.0941. The van der Waals surface area contributed by atoms with E-state index in [2.05, 4.69) is 22.4 Å². The number of carbonyl (C=O) groups excluding carboxylic acids is 1. The van der Waals surface area contributed by atoms with Gasteiger partial charge in [0.1, 0.15) is 11.5 Å². The molecular formula is C12H17N5O. The van der Waals surface area contributed by atoms with Gasteiger partial charge in [0.15, 0.2) is 0 Å². The Labute approximate surface area is 105 Å². The molecule has 2 heterocycles. The Morgan fingerprint density at radius 3 is 3.11 bits per heavy atom.